The van der Waals surface area contributed by atoms with Gasteiger partial charge in [0, 0.05) is 5.69 Å². The molecule has 0 spiro atoms. The lowest BCUT2D eigenvalue weighted by molar-refractivity contribution is 0.895. The maximum Gasteiger partial charge on any atom is 0.168 e. The summed E-state index contributed by atoms with van der Waals surface area (Å²) in [5, 5.41) is 8.87. The van der Waals surface area contributed by atoms with E-state index in [1.807, 2.05) is 41.2 Å². The van der Waals surface area contributed by atoms with Crippen molar-refractivity contribution in [2.75, 3.05) is 5.32 Å². The highest BCUT2D eigenvalue weighted by atomic mass is 15.3. The lowest BCUT2D eigenvalue weighted by Crippen LogP contribution is -2.01. The Morgan fingerprint density at radius 1 is 0.920 bits per heavy atom. The third-order valence-corrected chi connectivity index (χ3v) is 4.29. The molecule has 0 aliphatic carbocycles. The molecule has 4 rings (SSSR count). The standard InChI is InChI=1S/C20H19N5/c1-13-9-14(2)18(15(3)10-13)24-19-17-11-23-25(20(17)22-12-21-19)16-7-5-4-6-8-16/h4-12H,1-3H3,(H,21,22,24). The number of hydrogen-bond donors (Lipinski definition) is 1. The molecule has 4 aromatic rings. The normalized spacial score (nSPS) is 11.0. The Kier molecular flexibility index (Phi) is 3.69. The van der Waals surface area contributed by atoms with Crippen molar-refractivity contribution in [1.82, 2.24) is 19.7 Å². The Labute approximate surface area is 146 Å². The highest BCUT2D eigenvalue weighted by Crippen LogP contribution is 2.29. The van der Waals surface area contributed by atoms with Gasteiger partial charge in [0.1, 0.15) is 12.1 Å². The van der Waals surface area contributed by atoms with E-state index in [1.54, 1.807) is 6.33 Å². The van der Waals surface area contributed by atoms with Gasteiger partial charge in [-0.1, -0.05) is 35.9 Å². The summed E-state index contributed by atoms with van der Waals surface area (Å²) in [7, 11) is 0. The number of nitrogens with zero attached hydrogens (tertiary/aromatic N) is 4. The summed E-state index contributed by atoms with van der Waals surface area (Å²) in [4.78, 5) is 8.87. The number of fused-ring (bicyclic) bond motifs is 1. The highest BCUT2D eigenvalue weighted by molar-refractivity contribution is 5.89. The van der Waals surface area contributed by atoms with Crippen LogP contribution in [0.25, 0.3) is 16.7 Å². The number of aryl methyl sites for hydroxylation is 3. The van der Waals surface area contributed by atoms with Gasteiger partial charge in [0.2, 0.25) is 0 Å². The van der Waals surface area contributed by atoms with Crippen LogP contribution >= 0.6 is 0 Å². The molecule has 1 N–H and O–H groups in total. The topological polar surface area (TPSA) is 55.6 Å². The first-order chi connectivity index (χ1) is 12.1. The van der Waals surface area contributed by atoms with Crippen LogP contribution in [0, 0.1) is 20.8 Å². The van der Waals surface area contributed by atoms with E-state index < -0.39 is 0 Å². The largest absolute Gasteiger partial charge is 0.339 e. The predicted octanol–water partition coefficient (Wildman–Crippen LogP) is 4.48. The van der Waals surface area contributed by atoms with Crippen molar-refractivity contribution in [1.29, 1.82) is 0 Å². The summed E-state index contributed by atoms with van der Waals surface area (Å²) in [6.45, 7) is 6.32. The van der Waals surface area contributed by atoms with Crippen LogP contribution in [0.5, 0.6) is 0 Å². The van der Waals surface area contributed by atoms with Gasteiger partial charge in [-0.25, -0.2) is 14.6 Å². The van der Waals surface area contributed by atoms with Crippen molar-refractivity contribution < 1.29 is 0 Å². The molecule has 0 aliphatic heterocycles. The van der Waals surface area contributed by atoms with Crippen molar-refractivity contribution in [2.45, 2.75) is 20.8 Å². The SMILES string of the molecule is Cc1cc(C)c(Nc2ncnc3c2cnn3-c2ccccc2)c(C)c1. The molecule has 0 amide bonds. The van der Waals surface area contributed by atoms with E-state index in [0.29, 0.717) is 0 Å². The number of aromatic nitrogens is 4. The molecule has 0 aliphatic rings. The molecule has 0 radical (unpaired) electrons. The van der Waals surface area contributed by atoms with Crippen molar-refractivity contribution in [3.05, 3.63) is 71.7 Å². The van der Waals surface area contributed by atoms with Crippen molar-refractivity contribution in [3.8, 4) is 5.69 Å². The molecule has 0 unspecified atom stereocenters. The molecule has 0 saturated heterocycles. The fraction of sp³-hybridized carbons (Fsp3) is 0.150. The Bertz CT molecular complexity index is 1030. The molecule has 2 aromatic heterocycles. The fourth-order valence-electron chi connectivity index (χ4n) is 3.20. The van der Waals surface area contributed by atoms with Gasteiger partial charge in [0.05, 0.1) is 17.3 Å². The van der Waals surface area contributed by atoms with Crippen LogP contribution in [-0.4, -0.2) is 19.7 Å². The predicted molar refractivity (Wildman–Crippen MR) is 101 cm³/mol. The molecule has 5 heteroatoms. The summed E-state index contributed by atoms with van der Waals surface area (Å²) in [6.07, 6.45) is 3.38. The van der Waals surface area contributed by atoms with Crippen LogP contribution in [0.2, 0.25) is 0 Å². The second kappa shape index (κ2) is 6.02. The minimum absolute atomic E-state index is 0.766. The average molecular weight is 329 g/mol. The molecule has 2 aromatic carbocycles. The number of anilines is 2. The van der Waals surface area contributed by atoms with E-state index in [-0.39, 0.29) is 0 Å². The Balaban J connectivity index is 1.81. The van der Waals surface area contributed by atoms with Gasteiger partial charge in [0.25, 0.3) is 0 Å². The minimum Gasteiger partial charge on any atom is -0.339 e. The summed E-state index contributed by atoms with van der Waals surface area (Å²) in [5.74, 6) is 0.766. The van der Waals surface area contributed by atoms with E-state index >= 15 is 0 Å². The van der Waals surface area contributed by atoms with Crippen LogP contribution < -0.4 is 5.32 Å². The summed E-state index contributed by atoms with van der Waals surface area (Å²) in [5.41, 5.74) is 6.48. The Morgan fingerprint density at radius 2 is 1.64 bits per heavy atom. The molecule has 0 fully saturated rings. The van der Waals surface area contributed by atoms with Gasteiger partial charge in [-0.2, -0.15) is 5.10 Å². The minimum atomic E-state index is 0.766. The van der Waals surface area contributed by atoms with Crippen molar-refractivity contribution in [3.63, 3.8) is 0 Å². The number of para-hydroxylation sites is 1. The van der Waals surface area contributed by atoms with E-state index in [0.717, 1.165) is 28.2 Å². The lowest BCUT2D eigenvalue weighted by Gasteiger charge is -2.13. The van der Waals surface area contributed by atoms with Crippen LogP contribution in [0.1, 0.15) is 16.7 Å². The Hall–Kier alpha value is -3.21. The van der Waals surface area contributed by atoms with Crippen LogP contribution in [0.4, 0.5) is 11.5 Å². The summed E-state index contributed by atoms with van der Waals surface area (Å²) < 4.78 is 1.83. The summed E-state index contributed by atoms with van der Waals surface area (Å²) >= 11 is 0. The van der Waals surface area contributed by atoms with Gasteiger partial charge in [0.15, 0.2) is 5.65 Å². The van der Waals surface area contributed by atoms with Crippen LogP contribution in [-0.2, 0) is 0 Å². The lowest BCUT2D eigenvalue weighted by atomic mass is 10.1. The third-order valence-electron chi connectivity index (χ3n) is 4.29. The molecule has 5 nitrogen and oxygen atoms in total. The van der Waals surface area contributed by atoms with E-state index in [4.69, 9.17) is 0 Å². The number of rotatable bonds is 3. The van der Waals surface area contributed by atoms with E-state index in [9.17, 15) is 0 Å². The fourth-order valence-corrected chi connectivity index (χ4v) is 3.20. The van der Waals surface area contributed by atoms with E-state index in [1.165, 1.54) is 16.7 Å². The van der Waals surface area contributed by atoms with Gasteiger partial charge < -0.3 is 5.32 Å². The first-order valence-electron chi connectivity index (χ1n) is 8.22. The quantitative estimate of drug-likeness (QED) is 0.602. The van der Waals surface area contributed by atoms with Gasteiger partial charge in [-0.15, -0.1) is 0 Å². The molecule has 25 heavy (non-hydrogen) atoms. The first kappa shape index (κ1) is 15.3. The second-order valence-electron chi connectivity index (χ2n) is 6.25. The van der Waals surface area contributed by atoms with Gasteiger partial charge in [-0.3, -0.25) is 0 Å². The van der Waals surface area contributed by atoms with Gasteiger partial charge in [-0.05, 0) is 44.0 Å². The molecule has 2 heterocycles. The highest BCUT2D eigenvalue weighted by Gasteiger charge is 2.13. The zero-order valence-corrected chi connectivity index (χ0v) is 14.5. The smallest absolute Gasteiger partial charge is 0.168 e. The maximum absolute atomic E-state index is 4.50. The van der Waals surface area contributed by atoms with Crippen LogP contribution in [0.3, 0.4) is 0 Å². The van der Waals surface area contributed by atoms with Gasteiger partial charge >= 0.3 is 0 Å². The maximum atomic E-state index is 4.50. The zero-order valence-electron chi connectivity index (χ0n) is 14.5. The Morgan fingerprint density at radius 3 is 2.36 bits per heavy atom. The van der Waals surface area contributed by atoms with Crippen LogP contribution in [0.15, 0.2) is 55.0 Å². The van der Waals surface area contributed by atoms with E-state index in [2.05, 4.69) is 53.3 Å². The molecule has 0 atom stereocenters. The second-order valence-corrected chi connectivity index (χ2v) is 6.25. The zero-order chi connectivity index (χ0) is 17.4. The molecule has 0 bridgehead atoms. The molecule has 124 valence electrons. The molecular weight excluding hydrogens is 310 g/mol. The number of nitrogens with one attached hydrogen (secondary N) is 1. The number of hydrogen-bond acceptors (Lipinski definition) is 4. The van der Waals surface area contributed by atoms with Crippen molar-refractivity contribution >= 4 is 22.5 Å². The molecular formula is C20H19N5. The monoisotopic (exact) mass is 329 g/mol. The first-order valence-corrected chi connectivity index (χ1v) is 8.22. The number of benzene rings is 2. The van der Waals surface area contributed by atoms with Crippen molar-refractivity contribution in [2.24, 2.45) is 0 Å². The summed E-state index contributed by atoms with van der Waals surface area (Å²) in [6, 6.07) is 14.3. The molecule has 0 saturated carbocycles. The average Bonchev–Trinajstić information content (AvgIpc) is 3.03. The third kappa shape index (κ3) is 2.74.